The summed E-state index contributed by atoms with van der Waals surface area (Å²) < 4.78 is 0. The summed E-state index contributed by atoms with van der Waals surface area (Å²) in [5.41, 5.74) is 2.89. The van der Waals surface area contributed by atoms with Crippen LogP contribution in [0.15, 0.2) is 41.4 Å². The van der Waals surface area contributed by atoms with E-state index in [-0.39, 0.29) is 11.7 Å². The molecule has 62 valence electrons. The summed E-state index contributed by atoms with van der Waals surface area (Å²) >= 11 is 0. The number of fused-ring (bicyclic) bond motifs is 3. The highest BCUT2D eigenvalue weighted by Gasteiger charge is 2.33. The lowest BCUT2D eigenvalue weighted by atomic mass is 9.96. The van der Waals surface area contributed by atoms with Gasteiger partial charge in [-0.2, -0.15) is 0 Å². The number of para-hydroxylation sites is 1. The average molecular weight is 169 g/mol. The molecule has 1 aliphatic heterocycles. The lowest BCUT2D eigenvalue weighted by molar-refractivity contribution is -0.114. The van der Waals surface area contributed by atoms with Crippen LogP contribution in [0.2, 0.25) is 0 Å². The number of benzene rings is 1. The van der Waals surface area contributed by atoms with Crippen LogP contribution in [0.5, 0.6) is 0 Å². The minimum Gasteiger partial charge on any atom is -0.294 e. The van der Waals surface area contributed by atoms with Gasteiger partial charge in [0.1, 0.15) is 0 Å². The van der Waals surface area contributed by atoms with Gasteiger partial charge in [-0.3, -0.25) is 9.79 Å². The molecule has 1 heterocycles. The first kappa shape index (κ1) is 6.78. The summed E-state index contributed by atoms with van der Waals surface area (Å²) in [5.74, 6) is 0.0555. The van der Waals surface area contributed by atoms with Crippen molar-refractivity contribution in [3.8, 4) is 0 Å². The van der Waals surface area contributed by atoms with E-state index in [9.17, 15) is 4.79 Å². The molecule has 0 bridgehead atoms. The summed E-state index contributed by atoms with van der Waals surface area (Å²) in [6.45, 7) is 0. The Hall–Kier alpha value is -1.70. The van der Waals surface area contributed by atoms with Gasteiger partial charge in [0.25, 0.3) is 0 Å². The predicted molar refractivity (Wildman–Crippen MR) is 50.4 cm³/mol. The van der Waals surface area contributed by atoms with Crippen molar-refractivity contribution in [1.29, 1.82) is 0 Å². The van der Waals surface area contributed by atoms with E-state index in [1.807, 2.05) is 30.3 Å². The van der Waals surface area contributed by atoms with Crippen LogP contribution in [0.4, 0.5) is 5.69 Å². The first-order chi connectivity index (χ1) is 6.36. The van der Waals surface area contributed by atoms with Gasteiger partial charge in [0.05, 0.1) is 17.3 Å². The van der Waals surface area contributed by atoms with Gasteiger partial charge in [0.15, 0.2) is 5.78 Å². The fourth-order valence-electron chi connectivity index (χ4n) is 1.89. The highest BCUT2D eigenvalue weighted by atomic mass is 16.1. The highest BCUT2D eigenvalue weighted by molar-refractivity contribution is 6.27. The van der Waals surface area contributed by atoms with Gasteiger partial charge in [-0.1, -0.05) is 18.2 Å². The molecule has 0 radical (unpaired) electrons. The fraction of sp³-hybridized carbons (Fsp3) is 0.0909. The van der Waals surface area contributed by atoms with Crippen molar-refractivity contribution >= 4 is 17.2 Å². The molecular formula is C11H7NO. The zero-order valence-electron chi connectivity index (χ0n) is 6.90. The second kappa shape index (κ2) is 2.16. The van der Waals surface area contributed by atoms with Crippen LogP contribution in [-0.4, -0.2) is 11.5 Å². The minimum atomic E-state index is -0.101. The number of carbonyl (C=O) groups excluding carboxylic acids is 1. The van der Waals surface area contributed by atoms with E-state index in [0.717, 1.165) is 17.0 Å². The third-order valence-electron chi connectivity index (χ3n) is 2.50. The van der Waals surface area contributed by atoms with Crippen molar-refractivity contribution in [2.24, 2.45) is 4.99 Å². The molecule has 1 aromatic rings. The van der Waals surface area contributed by atoms with Gasteiger partial charge in [0.2, 0.25) is 0 Å². The molecule has 1 aliphatic carbocycles. The molecule has 1 aromatic carbocycles. The zero-order chi connectivity index (χ0) is 8.84. The van der Waals surface area contributed by atoms with Gasteiger partial charge in [-0.15, -0.1) is 0 Å². The predicted octanol–water partition coefficient (Wildman–Crippen LogP) is 2.00. The first-order valence-electron chi connectivity index (χ1n) is 4.26. The van der Waals surface area contributed by atoms with Crippen molar-refractivity contribution in [2.45, 2.75) is 5.92 Å². The van der Waals surface area contributed by atoms with Crippen LogP contribution < -0.4 is 0 Å². The molecule has 2 heteroatoms. The number of carbonyl (C=O) groups is 1. The van der Waals surface area contributed by atoms with Crippen molar-refractivity contribution < 1.29 is 4.79 Å². The van der Waals surface area contributed by atoms with Gasteiger partial charge in [-0.05, 0) is 23.8 Å². The van der Waals surface area contributed by atoms with E-state index in [2.05, 4.69) is 4.99 Å². The molecular weight excluding hydrogens is 162 g/mol. The van der Waals surface area contributed by atoms with Crippen molar-refractivity contribution in [1.82, 2.24) is 0 Å². The van der Waals surface area contributed by atoms with E-state index >= 15 is 0 Å². The van der Waals surface area contributed by atoms with Crippen LogP contribution >= 0.6 is 0 Å². The lowest BCUT2D eigenvalue weighted by Gasteiger charge is -2.02. The molecule has 13 heavy (non-hydrogen) atoms. The third-order valence-corrected chi connectivity index (χ3v) is 2.50. The number of ketones is 1. The van der Waals surface area contributed by atoms with Crippen LogP contribution in [0.25, 0.3) is 0 Å². The Morgan fingerprint density at radius 1 is 1.15 bits per heavy atom. The third kappa shape index (κ3) is 0.773. The fourth-order valence-corrected chi connectivity index (χ4v) is 1.89. The Morgan fingerprint density at radius 3 is 2.92 bits per heavy atom. The Balaban J connectivity index is 2.25. The van der Waals surface area contributed by atoms with Gasteiger partial charge >= 0.3 is 0 Å². The molecule has 2 nitrogen and oxygen atoms in total. The Morgan fingerprint density at radius 2 is 2.00 bits per heavy atom. The zero-order valence-corrected chi connectivity index (χ0v) is 6.90. The maximum atomic E-state index is 11.5. The van der Waals surface area contributed by atoms with Crippen molar-refractivity contribution in [3.05, 3.63) is 42.0 Å². The topological polar surface area (TPSA) is 29.4 Å². The summed E-state index contributed by atoms with van der Waals surface area (Å²) in [4.78, 5) is 15.8. The Bertz CT molecular complexity index is 457. The molecule has 0 fully saturated rings. The normalized spacial score (nSPS) is 22.9. The molecule has 0 aromatic heterocycles. The molecule has 0 N–H and O–H groups in total. The van der Waals surface area contributed by atoms with E-state index in [1.54, 1.807) is 6.08 Å². The van der Waals surface area contributed by atoms with Crippen LogP contribution in [0, 0.1) is 0 Å². The molecule has 0 spiro atoms. The SMILES string of the molecule is O=C1C=CC2=Nc3ccccc3C12. The summed E-state index contributed by atoms with van der Waals surface area (Å²) in [5, 5.41) is 0. The second-order valence-electron chi connectivity index (χ2n) is 3.26. The van der Waals surface area contributed by atoms with E-state index in [1.165, 1.54) is 0 Å². The number of nitrogens with zero attached hydrogens (tertiary/aromatic N) is 1. The van der Waals surface area contributed by atoms with Crippen molar-refractivity contribution in [2.75, 3.05) is 0 Å². The van der Waals surface area contributed by atoms with Crippen LogP contribution in [0.3, 0.4) is 0 Å². The molecule has 3 rings (SSSR count). The highest BCUT2D eigenvalue weighted by Crippen LogP contribution is 2.38. The van der Waals surface area contributed by atoms with Gasteiger partial charge in [0, 0.05) is 0 Å². The van der Waals surface area contributed by atoms with Gasteiger partial charge < -0.3 is 0 Å². The van der Waals surface area contributed by atoms with E-state index in [4.69, 9.17) is 0 Å². The number of allylic oxidation sites excluding steroid dienone is 2. The number of hydrogen-bond acceptors (Lipinski definition) is 2. The number of aliphatic imine (C=N–C) groups is 1. The van der Waals surface area contributed by atoms with Gasteiger partial charge in [-0.25, -0.2) is 0 Å². The monoisotopic (exact) mass is 169 g/mol. The maximum Gasteiger partial charge on any atom is 0.169 e. The molecule has 2 aliphatic rings. The average Bonchev–Trinajstić information content (AvgIpc) is 2.66. The van der Waals surface area contributed by atoms with E-state index < -0.39 is 0 Å². The standard InChI is InChI=1S/C11H7NO/c13-10-6-5-9-11(10)7-3-1-2-4-8(7)12-9/h1-6,11H. The van der Waals surface area contributed by atoms with Crippen LogP contribution in [0.1, 0.15) is 11.5 Å². The molecule has 0 saturated carbocycles. The first-order valence-corrected chi connectivity index (χ1v) is 4.26. The summed E-state index contributed by atoms with van der Waals surface area (Å²) in [6.07, 6.45) is 3.42. The van der Waals surface area contributed by atoms with E-state index in [0.29, 0.717) is 0 Å². The number of hydrogen-bond donors (Lipinski definition) is 0. The van der Waals surface area contributed by atoms with Crippen molar-refractivity contribution in [3.63, 3.8) is 0 Å². The smallest absolute Gasteiger partial charge is 0.169 e. The molecule has 0 saturated heterocycles. The Kier molecular flexibility index (Phi) is 1.13. The van der Waals surface area contributed by atoms with Crippen LogP contribution in [-0.2, 0) is 4.79 Å². The summed E-state index contributed by atoms with van der Waals surface area (Å²) in [6, 6.07) is 7.81. The lowest BCUT2D eigenvalue weighted by Crippen LogP contribution is -2.08. The molecule has 1 unspecified atom stereocenters. The summed E-state index contributed by atoms with van der Waals surface area (Å²) in [7, 11) is 0. The largest absolute Gasteiger partial charge is 0.294 e. The minimum absolute atomic E-state index is 0.101. The molecule has 0 amide bonds. The second-order valence-corrected chi connectivity index (χ2v) is 3.26. The Labute approximate surface area is 75.6 Å². The number of rotatable bonds is 0. The quantitative estimate of drug-likeness (QED) is 0.584. The molecule has 1 atom stereocenters. The maximum absolute atomic E-state index is 11.5.